The summed E-state index contributed by atoms with van der Waals surface area (Å²) < 4.78 is 5.11. The van der Waals surface area contributed by atoms with E-state index in [9.17, 15) is 4.79 Å². The molecule has 0 aromatic heterocycles. The summed E-state index contributed by atoms with van der Waals surface area (Å²) in [6.07, 6.45) is 9.59. The van der Waals surface area contributed by atoms with E-state index in [1.165, 1.54) is 32.1 Å². The average Bonchev–Trinajstić information content (AvgIpc) is 2.47. The molecule has 2 nitrogen and oxygen atoms in total. The Hall–Kier alpha value is -0.790. The van der Waals surface area contributed by atoms with Gasteiger partial charge in [-0.05, 0) is 25.7 Å². The Morgan fingerprint density at radius 2 is 2.00 bits per heavy atom. The van der Waals surface area contributed by atoms with Crippen molar-refractivity contribution in [1.82, 2.24) is 0 Å². The molecule has 2 fully saturated rings. The van der Waals surface area contributed by atoms with Gasteiger partial charge in [-0.1, -0.05) is 25.3 Å². The van der Waals surface area contributed by atoms with Gasteiger partial charge in [-0.25, -0.2) is 4.79 Å². The fourth-order valence-electron chi connectivity index (χ4n) is 2.41. The smallest absolute Gasteiger partial charge is 0.334 e. The van der Waals surface area contributed by atoms with Crippen LogP contribution in [0.4, 0.5) is 0 Å². The predicted molar refractivity (Wildman–Crippen MR) is 54.8 cm³/mol. The van der Waals surface area contributed by atoms with Gasteiger partial charge in [0.1, 0.15) is 6.10 Å². The third kappa shape index (κ3) is 2.17. The number of esters is 1. The number of ether oxygens (including phenoxy) is 1. The lowest BCUT2D eigenvalue weighted by Crippen LogP contribution is -2.05. The van der Waals surface area contributed by atoms with Crippen LogP contribution in [-0.2, 0) is 9.53 Å². The summed E-state index contributed by atoms with van der Waals surface area (Å²) in [5, 5.41) is 0. The molecule has 0 radical (unpaired) electrons. The first-order valence-corrected chi connectivity index (χ1v) is 5.67. The average molecular weight is 194 g/mol. The second-order valence-electron chi connectivity index (χ2n) is 4.51. The van der Waals surface area contributed by atoms with Gasteiger partial charge in [-0.2, -0.15) is 0 Å². The van der Waals surface area contributed by atoms with E-state index in [2.05, 4.69) is 6.08 Å². The summed E-state index contributed by atoms with van der Waals surface area (Å²) in [4.78, 5) is 11.4. The molecule has 1 heterocycles. The molecular weight excluding hydrogens is 176 g/mol. The molecule has 0 amide bonds. The quantitative estimate of drug-likeness (QED) is 0.474. The van der Waals surface area contributed by atoms with Gasteiger partial charge < -0.3 is 4.74 Å². The van der Waals surface area contributed by atoms with E-state index in [0.717, 1.165) is 12.0 Å². The third-order valence-electron chi connectivity index (χ3n) is 3.16. The Labute approximate surface area is 85.3 Å². The van der Waals surface area contributed by atoms with Crippen LogP contribution >= 0.6 is 0 Å². The number of allylic oxidation sites excluding steroid dienone is 1. The normalized spacial score (nSPS) is 32.2. The van der Waals surface area contributed by atoms with Crippen LogP contribution in [0.2, 0.25) is 0 Å². The fraction of sp³-hybridized carbons (Fsp3) is 0.750. The molecule has 1 unspecified atom stereocenters. The van der Waals surface area contributed by atoms with Gasteiger partial charge >= 0.3 is 5.97 Å². The van der Waals surface area contributed by atoms with Crippen molar-refractivity contribution in [2.24, 2.45) is 5.92 Å². The van der Waals surface area contributed by atoms with Crippen LogP contribution in [0.25, 0.3) is 0 Å². The Morgan fingerprint density at radius 1 is 1.29 bits per heavy atom. The lowest BCUT2D eigenvalue weighted by Gasteiger charge is -2.18. The molecule has 1 aliphatic carbocycles. The maximum Gasteiger partial charge on any atom is 0.334 e. The van der Waals surface area contributed by atoms with Crippen LogP contribution in [-0.4, -0.2) is 12.1 Å². The number of carbonyl (C=O) groups excluding carboxylic acids is 1. The zero-order chi connectivity index (χ0) is 9.97. The molecule has 78 valence electrons. The van der Waals surface area contributed by atoms with Gasteiger partial charge in [0.15, 0.2) is 0 Å². The molecule has 1 atom stereocenters. The van der Waals surface area contributed by atoms with Crippen molar-refractivity contribution in [3.8, 4) is 0 Å². The van der Waals surface area contributed by atoms with Crippen molar-refractivity contribution in [2.75, 3.05) is 0 Å². The van der Waals surface area contributed by atoms with E-state index < -0.39 is 0 Å². The molecule has 14 heavy (non-hydrogen) atoms. The first kappa shape index (κ1) is 9.75. The molecule has 0 N–H and O–H groups in total. The highest BCUT2D eigenvalue weighted by molar-refractivity contribution is 5.90. The third-order valence-corrected chi connectivity index (χ3v) is 3.16. The summed E-state index contributed by atoms with van der Waals surface area (Å²) in [5.74, 6) is 0.555. The first-order chi connectivity index (χ1) is 6.75. The molecule has 2 rings (SSSR count). The minimum atomic E-state index is -0.0805. The Balaban J connectivity index is 1.98. The molecule has 0 spiro atoms. The molecule has 1 saturated heterocycles. The molecular formula is C12H18O2. The van der Waals surface area contributed by atoms with E-state index in [1.807, 2.05) is 6.92 Å². The maximum absolute atomic E-state index is 11.4. The van der Waals surface area contributed by atoms with Crippen LogP contribution in [0.5, 0.6) is 0 Å². The lowest BCUT2D eigenvalue weighted by atomic mass is 9.87. The Kier molecular flexibility index (Phi) is 2.90. The minimum Gasteiger partial charge on any atom is -0.459 e. The number of hydrogen-bond donors (Lipinski definition) is 0. The van der Waals surface area contributed by atoms with Crippen molar-refractivity contribution in [3.63, 3.8) is 0 Å². The van der Waals surface area contributed by atoms with Gasteiger partial charge in [-0.3, -0.25) is 0 Å². The minimum absolute atomic E-state index is 0.0805. The highest BCUT2D eigenvalue weighted by Crippen LogP contribution is 2.29. The molecule has 0 aromatic carbocycles. The summed E-state index contributed by atoms with van der Waals surface area (Å²) in [5.41, 5.74) is 0.921. The molecule has 2 heteroatoms. The number of hydrogen-bond acceptors (Lipinski definition) is 2. The second-order valence-corrected chi connectivity index (χ2v) is 4.51. The number of rotatable bonds is 1. The lowest BCUT2D eigenvalue weighted by molar-refractivity contribution is -0.138. The van der Waals surface area contributed by atoms with Gasteiger partial charge in [0.25, 0.3) is 0 Å². The van der Waals surface area contributed by atoms with E-state index in [0.29, 0.717) is 5.92 Å². The number of cyclic esters (lactones) is 1. The van der Waals surface area contributed by atoms with Crippen molar-refractivity contribution in [1.29, 1.82) is 0 Å². The van der Waals surface area contributed by atoms with E-state index in [4.69, 9.17) is 4.74 Å². The Bertz CT molecular complexity index is 249. The van der Waals surface area contributed by atoms with Gasteiger partial charge in [0.05, 0.1) is 0 Å². The summed E-state index contributed by atoms with van der Waals surface area (Å²) >= 11 is 0. The summed E-state index contributed by atoms with van der Waals surface area (Å²) in [7, 11) is 0. The van der Waals surface area contributed by atoms with Crippen LogP contribution in [0.15, 0.2) is 11.6 Å². The molecule has 1 aliphatic heterocycles. The summed E-state index contributed by atoms with van der Waals surface area (Å²) in [6.45, 7) is 1.96. The fourth-order valence-corrected chi connectivity index (χ4v) is 2.41. The second kappa shape index (κ2) is 4.16. The van der Waals surface area contributed by atoms with E-state index in [-0.39, 0.29) is 12.1 Å². The van der Waals surface area contributed by atoms with Gasteiger partial charge in [-0.15, -0.1) is 0 Å². The number of carbonyl (C=O) groups is 1. The molecule has 0 aromatic rings. The topological polar surface area (TPSA) is 26.3 Å². The van der Waals surface area contributed by atoms with Crippen LogP contribution in [0, 0.1) is 5.92 Å². The predicted octanol–water partition coefficient (Wildman–Crippen LogP) is 2.83. The van der Waals surface area contributed by atoms with Crippen LogP contribution < -0.4 is 0 Å². The van der Waals surface area contributed by atoms with Gasteiger partial charge in [0, 0.05) is 12.0 Å². The Morgan fingerprint density at radius 3 is 2.57 bits per heavy atom. The highest BCUT2D eigenvalue weighted by Gasteiger charge is 2.26. The van der Waals surface area contributed by atoms with Crippen LogP contribution in [0.3, 0.4) is 0 Å². The SMILES string of the molecule is CC1C/C(=C\C2CCCCC2)C(=O)O1. The zero-order valence-electron chi connectivity index (χ0n) is 8.79. The van der Waals surface area contributed by atoms with Crippen molar-refractivity contribution >= 4 is 5.97 Å². The standard InChI is InChI=1S/C12H18O2/c1-9-7-11(12(13)14-9)8-10-5-3-2-4-6-10/h8-10H,2-7H2,1H3/b11-8+. The molecule has 0 bridgehead atoms. The highest BCUT2D eigenvalue weighted by atomic mass is 16.5. The largest absolute Gasteiger partial charge is 0.459 e. The van der Waals surface area contributed by atoms with Crippen molar-refractivity contribution < 1.29 is 9.53 Å². The van der Waals surface area contributed by atoms with Crippen molar-refractivity contribution in [3.05, 3.63) is 11.6 Å². The monoisotopic (exact) mass is 194 g/mol. The summed E-state index contributed by atoms with van der Waals surface area (Å²) in [6, 6.07) is 0. The van der Waals surface area contributed by atoms with Crippen LogP contribution in [0.1, 0.15) is 45.4 Å². The maximum atomic E-state index is 11.4. The zero-order valence-corrected chi connectivity index (χ0v) is 8.79. The molecule has 1 saturated carbocycles. The van der Waals surface area contributed by atoms with E-state index in [1.54, 1.807) is 0 Å². The molecule has 2 aliphatic rings. The first-order valence-electron chi connectivity index (χ1n) is 5.67. The van der Waals surface area contributed by atoms with Gasteiger partial charge in [0.2, 0.25) is 0 Å². The van der Waals surface area contributed by atoms with E-state index >= 15 is 0 Å². The van der Waals surface area contributed by atoms with Crippen molar-refractivity contribution in [2.45, 2.75) is 51.6 Å².